The average Bonchev–Trinajstić information content (AvgIpc) is 3.35. The Morgan fingerprint density at radius 1 is 0.329 bits per heavy atom. The molecule has 0 aromatic rings. The molecular formula is C60H112N2O11. The fourth-order valence-corrected chi connectivity index (χ4v) is 9.17. The van der Waals surface area contributed by atoms with Crippen molar-refractivity contribution >= 4 is 35.8 Å². The monoisotopic (exact) mass is 1040 g/mol. The van der Waals surface area contributed by atoms with E-state index in [1.54, 1.807) is 4.90 Å². The largest absolute Gasteiger partial charge is 0.463 e. The summed E-state index contributed by atoms with van der Waals surface area (Å²) in [5, 5.41) is 0. The first-order chi connectivity index (χ1) is 35.3. The minimum Gasteiger partial charge on any atom is -0.463 e. The van der Waals surface area contributed by atoms with E-state index in [2.05, 4.69) is 46.4 Å². The van der Waals surface area contributed by atoms with Gasteiger partial charge in [-0.15, -0.1) is 0 Å². The third-order valence-electron chi connectivity index (χ3n) is 13.6. The molecule has 13 nitrogen and oxygen atoms in total. The van der Waals surface area contributed by atoms with Gasteiger partial charge in [0.1, 0.15) is 31.5 Å². The first kappa shape index (κ1) is 69.8. The summed E-state index contributed by atoms with van der Waals surface area (Å²) in [4.78, 5) is 82.7. The zero-order valence-electron chi connectivity index (χ0n) is 48.4. The summed E-state index contributed by atoms with van der Waals surface area (Å²) < 4.78 is 29.2. The number of nitrogens with zero attached hydrogens (tertiary/aromatic N) is 2. The summed E-state index contributed by atoms with van der Waals surface area (Å²) in [5.41, 5.74) is 0. The smallest absolute Gasteiger partial charge is 0.306 e. The summed E-state index contributed by atoms with van der Waals surface area (Å²) in [6.07, 6.45) is 30.6. The Hall–Kier alpha value is -3.22. The quantitative estimate of drug-likeness (QED) is 0.0323. The van der Waals surface area contributed by atoms with E-state index >= 15 is 0 Å². The molecule has 0 saturated heterocycles. The van der Waals surface area contributed by atoms with Crippen LogP contribution in [0.4, 0.5) is 0 Å². The lowest BCUT2D eigenvalue weighted by molar-refractivity contribution is -0.156. The number of carbonyl (C=O) groups is 6. The van der Waals surface area contributed by atoms with E-state index in [-0.39, 0.29) is 75.1 Å². The number of hydrogen-bond donors (Lipinski definition) is 0. The first-order valence-electron chi connectivity index (χ1n) is 30.2. The lowest BCUT2D eigenvalue weighted by Gasteiger charge is -2.31. The predicted octanol–water partition coefficient (Wildman–Crippen LogP) is 14.5. The van der Waals surface area contributed by atoms with Crippen LogP contribution in [0.25, 0.3) is 0 Å². The molecule has 73 heavy (non-hydrogen) atoms. The van der Waals surface area contributed by atoms with Crippen LogP contribution >= 0.6 is 0 Å². The Morgan fingerprint density at radius 2 is 0.658 bits per heavy atom. The van der Waals surface area contributed by atoms with Crippen LogP contribution in [0.5, 0.6) is 0 Å². The van der Waals surface area contributed by atoms with Crippen molar-refractivity contribution in [3.8, 4) is 0 Å². The summed E-state index contributed by atoms with van der Waals surface area (Å²) in [5.74, 6) is -1.77. The van der Waals surface area contributed by atoms with Crippen LogP contribution in [-0.2, 0) is 52.5 Å². The van der Waals surface area contributed by atoms with Gasteiger partial charge in [-0.2, -0.15) is 0 Å². The molecule has 0 heterocycles. The number of ether oxygens (including phenoxy) is 5. The Morgan fingerprint density at radius 3 is 1.01 bits per heavy atom. The molecule has 0 aliphatic heterocycles. The summed E-state index contributed by atoms with van der Waals surface area (Å²) >= 11 is 0. The van der Waals surface area contributed by atoms with E-state index in [1.165, 1.54) is 25.7 Å². The molecule has 0 aliphatic carbocycles. The normalized spacial score (nSPS) is 13.0. The van der Waals surface area contributed by atoms with Crippen LogP contribution in [0.3, 0.4) is 0 Å². The molecule has 428 valence electrons. The summed E-state index contributed by atoms with van der Waals surface area (Å²) in [6, 6.07) is -0.736. The van der Waals surface area contributed by atoms with E-state index in [1.807, 2.05) is 14.1 Å². The highest BCUT2D eigenvalue weighted by atomic mass is 16.6. The zero-order valence-corrected chi connectivity index (χ0v) is 48.4. The Balaban J connectivity index is 5.64. The van der Waals surface area contributed by atoms with Gasteiger partial charge in [-0.3, -0.25) is 28.8 Å². The van der Waals surface area contributed by atoms with Gasteiger partial charge in [0.05, 0.1) is 12.5 Å². The molecule has 0 aliphatic rings. The second-order valence-corrected chi connectivity index (χ2v) is 21.0. The van der Waals surface area contributed by atoms with E-state index < -0.39 is 23.9 Å². The van der Waals surface area contributed by atoms with Crippen molar-refractivity contribution in [3.05, 3.63) is 0 Å². The molecule has 0 saturated carbocycles. The van der Waals surface area contributed by atoms with Crippen LogP contribution < -0.4 is 0 Å². The Bertz CT molecular complexity index is 1310. The zero-order chi connectivity index (χ0) is 54.2. The van der Waals surface area contributed by atoms with Crippen LogP contribution in [0.15, 0.2) is 0 Å². The molecule has 0 aromatic carbocycles. The molecular weight excluding hydrogens is 925 g/mol. The molecule has 0 fully saturated rings. The topological polar surface area (TPSA) is 155 Å². The maximum Gasteiger partial charge on any atom is 0.306 e. The second kappa shape index (κ2) is 49.6. The second-order valence-electron chi connectivity index (χ2n) is 21.0. The van der Waals surface area contributed by atoms with Gasteiger partial charge in [-0.25, -0.2) is 0 Å². The number of carbonyl (C=O) groups excluding carboxylic acids is 6. The molecule has 0 radical (unpaired) electrons. The van der Waals surface area contributed by atoms with Crippen molar-refractivity contribution in [1.29, 1.82) is 0 Å². The fraction of sp³-hybridized carbons (Fsp3) is 0.900. The van der Waals surface area contributed by atoms with Crippen LogP contribution in [0.2, 0.25) is 0 Å². The third-order valence-corrected chi connectivity index (χ3v) is 13.6. The van der Waals surface area contributed by atoms with Gasteiger partial charge in [0.15, 0.2) is 0 Å². The predicted molar refractivity (Wildman–Crippen MR) is 295 cm³/mol. The lowest BCUT2D eigenvalue weighted by atomic mass is 10.1. The van der Waals surface area contributed by atoms with Crippen molar-refractivity contribution in [2.75, 3.05) is 40.4 Å². The van der Waals surface area contributed by atoms with Gasteiger partial charge < -0.3 is 33.5 Å². The third kappa shape index (κ3) is 42.7. The molecule has 1 amide bonds. The number of rotatable bonds is 52. The van der Waals surface area contributed by atoms with Gasteiger partial charge in [0.2, 0.25) is 5.91 Å². The fourth-order valence-electron chi connectivity index (χ4n) is 9.17. The van der Waals surface area contributed by atoms with Crippen molar-refractivity contribution in [2.45, 2.75) is 310 Å². The maximum atomic E-state index is 14.1. The molecule has 3 unspecified atom stereocenters. The Kier molecular flexibility index (Phi) is 47.5. The van der Waals surface area contributed by atoms with Gasteiger partial charge in [-0.1, -0.05) is 151 Å². The first-order valence-corrected chi connectivity index (χ1v) is 30.2. The van der Waals surface area contributed by atoms with Gasteiger partial charge in [0.25, 0.3) is 0 Å². The van der Waals surface area contributed by atoms with Gasteiger partial charge in [0, 0.05) is 38.6 Å². The standard InChI is InChI=1S/C60H112N2O11/c1-9-15-18-26-38-52(35-12-4)71-58(66)43-31-23-21-29-41-56(64)69-49-51(50-70-57(65)42-30-22-24-32-44-59(67)72-53(36-13-5)39-27-19-16-10-2)62(48-34-25-33-47-61(7)8)55(63)45-46-60(68)73-54(37-14-6)40-28-20-17-11-3/h51-54H,9-50H2,1-8H3. The number of esters is 5. The van der Waals surface area contributed by atoms with Gasteiger partial charge in [-0.05, 0) is 117 Å². The SMILES string of the molecule is CCCCCCC(CCC)OC(=O)CCCCCCC(=O)OCC(COC(=O)CCCCCCC(=O)OC(CCC)CCCCCC)N(CCCCCN(C)C)C(=O)CCC(=O)OC(CCC)CCCCCC. The van der Waals surface area contributed by atoms with Crippen LogP contribution in [-0.4, -0.2) is 110 Å². The van der Waals surface area contributed by atoms with Crippen LogP contribution in [0.1, 0.15) is 286 Å². The molecule has 3 atom stereocenters. The minimum absolute atomic E-state index is 0.0105. The number of hydrogen-bond acceptors (Lipinski definition) is 12. The highest BCUT2D eigenvalue weighted by molar-refractivity contribution is 5.82. The average molecular weight is 1040 g/mol. The number of amides is 1. The molecule has 0 aromatic heterocycles. The van der Waals surface area contributed by atoms with E-state index in [9.17, 15) is 28.8 Å². The van der Waals surface area contributed by atoms with E-state index in [4.69, 9.17) is 23.7 Å². The van der Waals surface area contributed by atoms with Crippen molar-refractivity contribution in [3.63, 3.8) is 0 Å². The van der Waals surface area contributed by atoms with Crippen LogP contribution in [0, 0.1) is 0 Å². The Labute approximate surface area is 446 Å². The van der Waals surface area contributed by atoms with Crippen molar-refractivity contribution in [2.24, 2.45) is 0 Å². The summed E-state index contributed by atoms with van der Waals surface area (Å²) in [7, 11) is 4.05. The summed E-state index contributed by atoms with van der Waals surface area (Å²) in [6.45, 7) is 13.8. The molecule has 13 heteroatoms. The minimum atomic E-state index is -0.736. The highest BCUT2D eigenvalue weighted by Gasteiger charge is 2.28. The van der Waals surface area contributed by atoms with Crippen molar-refractivity contribution < 1.29 is 52.5 Å². The van der Waals surface area contributed by atoms with E-state index in [0.717, 1.165) is 154 Å². The molecule has 0 bridgehead atoms. The van der Waals surface area contributed by atoms with Crippen molar-refractivity contribution in [1.82, 2.24) is 9.80 Å². The molecule has 0 N–H and O–H groups in total. The molecule has 0 rings (SSSR count). The van der Waals surface area contributed by atoms with E-state index in [0.29, 0.717) is 51.5 Å². The van der Waals surface area contributed by atoms with Gasteiger partial charge >= 0.3 is 29.8 Å². The lowest BCUT2D eigenvalue weighted by Crippen LogP contribution is -2.47. The number of unbranched alkanes of at least 4 members (excludes halogenated alkanes) is 17. The highest BCUT2D eigenvalue weighted by Crippen LogP contribution is 2.19. The molecule has 0 spiro atoms. The maximum absolute atomic E-state index is 14.1.